The summed E-state index contributed by atoms with van der Waals surface area (Å²) < 4.78 is 13.6. The molecular formula is C27H31NO4. The predicted molar refractivity (Wildman–Crippen MR) is 125 cm³/mol. The molecule has 5 heteroatoms. The molecule has 5 nitrogen and oxygen atoms in total. The van der Waals surface area contributed by atoms with E-state index in [2.05, 4.69) is 23.3 Å². The van der Waals surface area contributed by atoms with Crippen LogP contribution in [-0.4, -0.2) is 23.8 Å². The number of benzene rings is 1. The van der Waals surface area contributed by atoms with E-state index >= 15 is 0 Å². The van der Waals surface area contributed by atoms with Gasteiger partial charge in [-0.05, 0) is 62.6 Å². The third-order valence-corrected chi connectivity index (χ3v) is 7.26. The third-order valence-electron chi connectivity index (χ3n) is 7.26. The minimum atomic E-state index is -0.542. The van der Waals surface area contributed by atoms with Crippen LogP contribution in [0.15, 0.2) is 35.8 Å². The molecule has 0 amide bonds. The van der Waals surface area contributed by atoms with Gasteiger partial charge < -0.3 is 14.0 Å². The van der Waals surface area contributed by atoms with E-state index in [1.807, 2.05) is 6.08 Å². The number of carbonyl (C=O) groups excluding carboxylic acids is 1. The van der Waals surface area contributed by atoms with Crippen molar-refractivity contribution in [3.8, 4) is 17.0 Å². The van der Waals surface area contributed by atoms with Crippen LogP contribution in [0, 0.1) is 5.92 Å². The van der Waals surface area contributed by atoms with Gasteiger partial charge in [0.15, 0.2) is 5.43 Å². The molecule has 0 saturated heterocycles. The largest absolute Gasteiger partial charge is 0.493 e. The number of esters is 1. The van der Waals surface area contributed by atoms with Crippen LogP contribution in [0.3, 0.4) is 0 Å². The van der Waals surface area contributed by atoms with Gasteiger partial charge in [-0.25, -0.2) is 4.79 Å². The predicted octanol–water partition coefficient (Wildman–Crippen LogP) is 5.34. The van der Waals surface area contributed by atoms with Crippen LogP contribution < -0.4 is 10.2 Å². The third kappa shape index (κ3) is 3.68. The van der Waals surface area contributed by atoms with Crippen LogP contribution in [0.1, 0.15) is 73.4 Å². The van der Waals surface area contributed by atoms with Crippen molar-refractivity contribution in [3.05, 3.63) is 57.9 Å². The standard InChI is InChI=1S/C27H31NO4/c1-3-19-12-21-20(13-25(19)32-17-18-8-9-18)15-27(10-6-5-7-11-27)28-16-22(26(30)31-4-2)24(29)14-23(21)28/h3,12-14,16,18H,1,4-11,15,17H2,2H3. The van der Waals surface area contributed by atoms with Crippen molar-refractivity contribution in [1.82, 2.24) is 4.57 Å². The number of aromatic nitrogens is 1. The Kier molecular flexibility index (Phi) is 5.44. The second kappa shape index (κ2) is 8.27. The van der Waals surface area contributed by atoms with Crippen molar-refractivity contribution in [2.24, 2.45) is 5.92 Å². The van der Waals surface area contributed by atoms with Gasteiger partial charge in [-0.1, -0.05) is 31.9 Å². The monoisotopic (exact) mass is 433 g/mol. The lowest BCUT2D eigenvalue weighted by molar-refractivity contribution is 0.0522. The first-order valence-corrected chi connectivity index (χ1v) is 11.9. The average molecular weight is 434 g/mol. The van der Waals surface area contributed by atoms with Crippen LogP contribution in [0.2, 0.25) is 0 Å². The van der Waals surface area contributed by atoms with Crippen LogP contribution in [0.5, 0.6) is 5.75 Å². The summed E-state index contributed by atoms with van der Waals surface area (Å²) in [4.78, 5) is 25.4. The van der Waals surface area contributed by atoms with E-state index in [1.54, 1.807) is 19.2 Å². The zero-order chi connectivity index (χ0) is 22.3. The van der Waals surface area contributed by atoms with Crippen LogP contribution in [0.25, 0.3) is 17.3 Å². The highest BCUT2D eigenvalue weighted by Gasteiger charge is 2.40. The fraction of sp³-hybridized carbons (Fsp3) is 0.481. The number of hydrogen-bond acceptors (Lipinski definition) is 4. The van der Waals surface area contributed by atoms with E-state index in [0.717, 1.165) is 61.3 Å². The molecule has 2 aromatic rings. The number of pyridine rings is 1. The topological polar surface area (TPSA) is 57.5 Å². The van der Waals surface area contributed by atoms with Gasteiger partial charge in [-0.15, -0.1) is 0 Å². The summed E-state index contributed by atoms with van der Waals surface area (Å²) in [6.45, 7) is 6.75. The molecule has 0 radical (unpaired) electrons. The summed E-state index contributed by atoms with van der Waals surface area (Å²) in [5, 5.41) is 0. The van der Waals surface area contributed by atoms with Gasteiger partial charge in [0.25, 0.3) is 0 Å². The molecular weight excluding hydrogens is 402 g/mol. The molecule has 32 heavy (non-hydrogen) atoms. The fourth-order valence-corrected chi connectivity index (χ4v) is 5.36. The molecule has 3 aliphatic rings. The highest BCUT2D eigenvalue weighted by molar-refractivity contribution is 5.89. The van der Waals surface area contributed by atoms with Crippen LogP contribution >= 0.6 is 0 Å². The minimum Gasteiger partial charge on any atom is -0.493 e. The highest BCUT2D eigenvalue weighted by atomic mass is 16.5. The molecule has 2 aliphatic carbocycles. The molecule has 0 bridgehead atoms. The number of fused-ring (bicyclic) bond motifs is 4. The quantitative estimate of drug-likeness (QED) is 0.577. The summed E-state index contributed by atoms with van der Waals surface area (Å²) in [5.41, 5.74) is 3.77. The van der Waals surface area contributed by atoms with Gasteiger partial charge in [-0.2, -0.15) is 0 Å². The second-order valence-electron chi connectivity index (χ2n) is 9.49. The summed E-state index contributed by atoms with van der Waals surface area (Å²) in [6, 6.07) is 5.88. The van der Waals surface area contributed by atoms with Gasteiger partial charge in [0.05, 0.1) is 18.9 Å². The Morgan fingerprint density at radius 3 is 2.69 bits per heavy atom. The van der Waals surface area contributed by atoms with E-state index in [4.69, 9.17) is 9.47 Å². The first-order valence-electron chi connectivity index (χ1n) is 11.9. The molecule has 168 valence electrons. The molecule has 1 aliphatic heterocycles. The summed E-state index contributed by atoms with van der Waals surface area (Å²) in [6.07, 6.45) is 12.5. The van der Waals surface area contributed by atoms with Crippen molar-refractivity contribution in [3.63, 3.8) is 0 Å². The number of ether oxygens (including phenoxy) is 2. The molecule has 2 fully saturated rings. The van der Waals surface area contributed by atoms with E-state index in [-0.39, 0.29) is 23.1 Å². The van der Waals surface area contributed by atoms with E-state index < -0.39 is 5.97 Å². The van der Waals surface area contributed by atoms with Gasteiger partial charge in [0.2, 0.25) is 0 Å². The number of nitrogens with zero attached hydrogens (tertiary/aromatic N) is 1. The van der Waals surface area contributed by atoms with E-state index in [1.165, 1.54) is 24.8 Å². The minimum absolute atomic E-state index is 0.123. The normalized spacial score (nSPS) is 18.5. The SMILES string of the molecule is C=Cc1cc2c(cc1OCC1CC1)CC1(CCCCC1)n1cc(C(=O)OCC)c(=O)cc1-2. The highest BCUT2D eigenvalue weighted by Crippen LogP contribution is 2.47. The summed E-state index contributed by atoms with van der Waals surface area (Å²) in [7, 11) is 0. The Labute approximate surface area is 189 Å². The zero-order valence-corrected chi connectivity index (χ0v) is 18.8. The van der Waals surface area contributed by atoms with Gasteiger partial charge in [0, 0.05) is 28.9 Å². The van der Waals surface area contributed by atoms with Crippen LogP contribution in [-0.2, 0) is 16.7 Å². The van der Waals surface area contributed by atoms with Gasteiger partial charge in [0.1, 0.15) is 11.3 Å². The molecule has 0 N–H and O–H groups in total. The Morgan fingerprint density at radius 2 is 2.00 bits per heavy atom. The molecule has 2 saturated carbocycles. The Hall–Kier alpha value is -2.82. The molecule has 1 spiro atoms. The average Bonchev–Trinajstić information content (AvgIpc) is 3.62. The fourth-order valence-electron chi connectivity index (χ4n) is 5.36. The maximum absolute atomic E-state index is 12.9. The number of hydrogen-bond donors (Lipinski definition) is 0. The number of rotatable bonds is 6. The smallest absolute Gasteiger partial charge is 0.343 e. The van der Waals surface area contributed by atoms with Crippen molar-refractivity contribution in [2.45, 2.75) is 63.8 Å². The van der Waals surface area contributed by atoms with Crippen LogP contribution in [0.4, 0.5) is 0 Å². The van der Waals surface area contributed by atoms with Gasteiger partial charge >= 0.3 is 5.97 Å². The first kappa shape index (κ1) is 21.0. The first-order chi connectivity index (χ1) is 15.5. The molecule has 1 aromatic heterocycles. The summed E-state index contributed by atoms with van der Waals surface area (Å²) in [5.74, 6) is 1.02. The second-order valence-corrected chi connectivity index (χ2v) is 9.49. The van der Waals surface area contributed by atoms with E-state index in [0.29, 0.717) is 5.92 Å². The Morgan fingerprint density at radius 1 is 1.22 bits per heavy atom. The molecule has 0 atom stereocenters. The lowest BCUT2D eigenvalue weighted by Crippen LogP contribution is -2.42. The molecule has 0 unspecified atom stereocenters. The van der Waals surface area contributed by atoms with Crippen molar-refractivity contribution < 1.29 is 14.3 Å². The molecule has 2 heterocycles. The molecule has 5 rings (SSSR count). The lowest BCUT2D eigenvalue weighted by Gasteiger charge is -2.45. The van der Waals surface area contributed by atoms with Gasteiger partial charge in [-0.3, -0.25) is 4.79 Å². The molecule has 1 aromatic carbocycles. The van der Waals surface area contributed by atoms with Crippen molar-refractivity contribution in [2.75, 3.05) is 13.2 Å². The van der Waals surface area contributed by atoms with Crippen molar-refractivity contribution >= 4 is 12.0 Å². The zero-order valence-electron chi connectivity index (χ0n) is 18.8. The number of carbonyl (C=O) groups is 1. The Balaban J connectivity index is 1.66. The van der Waals surface area contributed by atoms with Crippen molar-refractivity contribution in [1.29, 1.82) is 0 Å². The van der Waals surface area contributed by atoms with E-state index in [9.17, 15) is 9.59 Å². The Bertz CT molecular complexity index is 1120. The maximum Gasteiger partial charge on any atom is 0.343 e. The maximum atomic E-state index is 12.9. The lowest BCUT2D eigenvalue weighted by atomic mass is 9.73. The summed E-state index contributed by atoms with van der Waals surface area (Å²) >= 11 is 0.